The van der Waals surface area contributed by atoms with Gasteiger partial charge in [-0.25, -0.2) is 4.98 Å². The van der Waals surface area contributed by atoms with Gasteiger partial charge >= 0.3 is 0 Å². The molecule has 3 atom stereocenters. The Morgan fingerprint density at radius 1 is 1.29 bits per heavy atom. The lowest BCUT2D eigenvalue weighted by molar-refractivity contribution is -0.0761. The molecule has 0 amide bonds. The Balaban J connectivity index is 1.83. The highest BCUT2D eigenvalue weighted by atomic mass is 32.1. The van der Waals surface area contributed by atoms with Crippen LogP contribution in [0.2, 0.25) is 0 Å². The van der Waals surface area contributed by atoms with Gasteiger partial charge in [0.15, 0.2) is 0 Å². The highest BCUT2D eigenvalue weighted by Crippen LogP contribution is 2.43. The van der Waals surface area contributed by atoms with Gasteiger partial charge in [0, 0.05) is 18.0 Å². The number of aryl methyl sites for hydroxylation is 1. The third-order valence-electron chi connectivity index (χ3n) is 4.35. The van der Waals surface area contributed by atoms with E-state index >= 15 is 0 Å². The predicted octanol–water partition coefficient (Wildman–Crippen LogP) is 3.06. The summed E-state index contributed by atoms with van der Waals surface area (Å²) in [5.41, 5.74) is 1.25. The van der Waals surface area contributed by atoms with E-state index in [9.17, 15) is 5.11 Å². The van der Waals surface area contributed by atoms with E-state index < -0.39 is 0 Å². The van der Waals surface area contributed by atoms with Crippen molar-refractivity contribution in [2.45, 2.75) is 39.0 Å². The predicted molar refractivity (Wildman–Crippen MR) is 95.0 cm³/mol. The maximum absolute atomic E-state index is 10.7. The van der Waals surface area contributed by atoms with E-state index in [0.29, 0.717) is 0 Å². The Morgan fingerprint density at radius 2 is 2.04 bits per heavy atom. The molecule has 1 saturated heterocycles. The number of hydrogen-bond acceptors (Lipinski definition) is 7. The van der Waals surface area contributed by atoms with Crippen molar-refractivity contribution in [1.29, 1.82) is 0 Å². The molecule has 3 aromatic rings. The molecule has 4 rings (SSSR count). The largest absolute Gasteiger partial charge is 0.492 e. The zero-order valence-corrected chi connectivity index (χ0v) is 15.5. The van der Waals surface area contributed by atoms with Gasteiger partial charge in [-0.15, -0.1) is 11.3 Å². The van der Waals surface area contributed by atoms with Crippen molar-refractivity contribution in [1.82, 2.24) is 19.5 Å². The summed E-state index contributed by atoms with van der Waals surface area (Å²) in [6, 6.07) is 2.14. The van der Waals surface area contributed by atoms with Crippen LogP contribution in [-0.4, -0.2) is 49.9 Å². The van der Waals surface area contributed by atoms with Crippen molar-refractivity contribution in [2.75, 3.05) is 13.1 Å². The van der Waals surface area contributed by atoms with Crippen molar-refractivity contribution in [3.63, 3.8) is 0 Å². The first kappa shape index (κ1) is 16.0. The maximum Gasteiger partial charge on any atom is 0.230 e. The van der Waals surface area contributed by atoms with E-state index in [4.69, 9.17) is 4.74 Å². The fourth-order valence-corrected chi connectivity index (χ4v) is 5.63. The first-order valence-electron chi connectivity index (χ1n) is 7.99. The lowest BCUT2D eigenvalue weighted by atomic mass is 10.1. The molecule has 3 aromatic heterocycles. The minimum absolute atomic E-state index is 0.00676. The molecule has 0 radical (unpaired) electrons. The van der Waals surface area contributed by atoms with Crippen LogP contribution in [0.4, 0.5) is 0 Å². The first-order valence-corrected chi connectivity index (χ1v) is 9.69. The summed E-state index contributed by atoms with van der Waals surface area (Å²) in [6.45, 7) is 7.99. The Bertz CT molecular complexity index is 845. The van der Waals surface area contributed by atoms with Crippen molar-refractivity contribution >= 4 is 27.6 Å². The van der Waals surface area contributed by atoms with Gasteiger partial charge in [0.1, 0.15) is 6.33 Å². The van der Waals surface area contributed by atoms with E-state index in [0.717, 1.165) is 22.9 Å². The monoisotopic (exact) mass is 364 g/mol. The molecular formula is C16H20N4O2S2. The van der Waals surface area contributed by atoms with Gasteiger partial charge in [0.05, 0.1) is 23.1 Å². The minimum atomic E-state index is 0.00676. The Kier molecular flexibility index (Phi) is 4.07. The second kappa shape index (κ2) is 6.11. The summed E-state index contributed by atoms with van der Waals surface area (Å²) in [4.78, 5) is 9.52. The molecule has 0 bridgehead atoms. The van der Waals surface area contributed by atoms with Crippen molar-refractivity contribution in [3.8, 4) is 5.88 Å². The molecule has 1 aliphatic heterocycles. The lowest BCUT2D eigenvalue weighted by Crippen LogP contribution is -2.47. The third kappa shape index (κ3) is 2.63. The molecule has 0 spiro atoms. The summed E-state index contributed by atoms with van der Waals surface area (Å²) in [5, 5.41) is 17.0. The SMILES string of the molecule is Cc1ccsc1C(c1sc2ncnn2c1O)N1CC(C)OC(C)C1. The van der Waals surface area contributed by atoms with Crippen LogP contribution in [0.1, 0.15) is 35.2 Å². The van der Waals surface area contributed by atoms with Crippen LogP contribution in [0.15, 0.2) is 17.8 Å². The van der Waals surface area contributed by atoms with E-state index in [2.05, 4.69) is 47.2 Å². The zero-order chi connectivity index (χ0) is 16.8. The Morgan fingerprint density at radius 3 is 2.67 bits per heavy atom. The number of nitrogens with zero attached hydrogens (tertiary/aromatic N) is 4. The zero-order valence-electron chi connectivity index (χ0n) is 13.8. The van der Waals surface area contributed by atoms with E-state index in [1.54, 1.807) is 11.3 Å². The average Bonchev–Trinajstić information content (AvgIpc) is 3.20. The fraction of sp³-hybridized carbons (Fsp3) is 0.500. The van der Waals surface area contributed by atoms with Crippen LogP contribution in [0.3, 0.4) is 0 Å². The van der Waals surface area contributed by atoms with Gasteiger partial charge in [-0.2, -0.15) is 9.61 Å². The highest BCUT2D eigenvalue weighted by molar-refractivity contribution is 7.17. The third-order valence-corrected chi connectivity index (χ3v) is 6.51. The summed E-state index contributed by atoms with van der Waals surface area (Å²) in [5.74, 6) is 0.192. The number of ether oxygens (including phenoxy) is 1. The number of aromatic hydroxyl groups is 1. The number of aromatic nitrogens is 3. The molecule has 1 aliphatic rings. The molecule has 6 nitrogen and oxygen atoms in total. The molecule has 1 fully saturated rings. The number of fused-ring (bicyclic) bond motifs is 1. The molecule has 8 heteroatoms. The second-order valence-electron chi connectivity index (χ2n) is 6.33. The minimum Gasteiger partial charge on any atom is -0.492 e. The summed E-state index contributed by atoms with van der Waals surface area (Å²) >= 11 is 3.24. The average molecular weight is 364 g/mol. The molecule has 0 aliphatic carbocycles. The van der Waals surface area contributed by atoms with Crippen LogP contribution in [0, 0.1) is 6.92 Å². The van der Waals surface area contributed by atoms with Crippen LogP contribution in [0.25, 0.3) is 4.96 Å². The molecule has 128 valence electrons. The molecular weight excluding hydrogens is 344 g/mol. The topological polar surface area (TPSA) is 62.9 Å². The van der Waals surface area contributed by atoms with Gasteiger partial charge in [0.25, 0.3) is 0 Å². The van der Waals surface area contributed by atoms with Gasteiger partial charge in [-0.05, 0) is 37.8 Å². The molecule has 0 aromatic carbocycles. The molecule has 4 heterocycles. The van der Waals surface area contributed by atoms with E-state index in [1.807, 2.05) is 0 Å². The van der Waals surface area contributed by atoms with Crippen molar-refractivity contribution in [2.24, 2.45) is 0 Å². The normalized spacial score (nSPS) is 23.8. The number of morpholine rings is 1. The summed E-state index contributed by atoms with van der Waals surface area (Å²) < 4.78 is 7.41. The Hall–Kier alpha value is -1.48. The first-order chi connectivity index (χ1) is 11.5. The number of rotatable bonds is 3. The second-order valence-corrected chi connectivity index (χ2v) is 8.28. The maximum atomic E-state index is 10.7. The molecule has 0 saturated carbocycles. The van der Waals surface area contributed by atoms with Crippen LogP contribution >= 0.6 is 22.7 Å². The standard InChI is InChI=1S/C16H20N4O2S2/c1-9-4-5-23-13(9)12(19-6-10(2)22-11(3)7-19)14-15(21)20-16(24-14)17-8-18-20/h4-5,8,10-12,21H,6-7H2,1-3H3. The smallest absolute Gasteiger partial charge is 0.230 e. The van der Waals surface area contributed by atoms with Crippen LogP contribution in [-0.2, 0) is 4.74 Å². The van der Waals surface area contributed by atoms with Gasteiger partial charge < -0.3 is 9.84 Å². The van der Waals surface area contributed by atoms with Gasteiger partial charge in [0.2, 0.25) is 10.8 Å². The molecule has 24 heavy (non-hydrogen) atoms. The van der Waals surface area contributed by atoms with Gasteiger partial charge in [-0.1, -0.05) is 11.3 Å². The Labute approximate surface area is 148 Å². The number of hydrogen-bond donors (Lipinski definition) is 1. The number of thiazole rings is 1. The summed E-state index contributed by atoms with van der Waals surface area (Å²) in [6.07, 6.45) is 1.81. The van der Waals surface area contributed by atoms with E-state index in [-0.39, 0.29) is 24.1 Å². The molecule has 3 unspecified atom stereocenters. The van der Waals surface area contributed by atoms with E-state index in [1.165, 1.54) is 32.6 Å². The van der Waals surface area contributed by atoms with Crippen LogP contribution in [0.5, 0.6) is 5.88 Å². The van der Waals surface area contributed by atoms with Crippen molar-refractivity contribution in [3.05, 3.63) is 33.1 Å². The van der Waals surface area contributed by atoms with Crippen LogP contribution < -0.4 is 0 Å². The summed E-state index contributed by atoms with van der Waals surface area (Å²) in [7, 11) is 0. The number of thiophene rings is 1. The van der Waals surface area contributed by atoms with Crippen molar-refractivity contribution < 1.29 is 9.84 Å². The lowest BCUT2D eigenvalue weighted by Gasteiger charge is -2.39. The molecule has 1 N–H and O–H groups in total. The van der Waals surface area contributed by atoms with Gasteiger partial charge in [-0.3, -0.25) is 4.90 Å². The quantitative estimate of drug-likeness (QED) is 0.774. The fourth-order valence-electron chi connectivity index (χ4n) is 3.42. The highest BCUT2D eigenvalue weighted by Gasteiger charge is 2.35.